The van der Waals surface area contributed by atoms with E-state index in [2.05, 4.69) is 66.3 Å². The number of hydrogen-bond donors (Lipinski definition) is 1. The predicted molar refractivity (Wildman–Crippen MR) is 87.3 cm³/mol. The van der Waals surface area contributed by atoms with Crippen LogP contribution in [0.1, 0.15) is 26.2 Å². The first-order valence-electron chi connectivity index (χ1n) is 7.38. The molecule has 1 aromatic carbocycles. The fraction of sp³-hybridized carbons (Fsp3) is 0.625. The Balaban J connectivity index is 1.64. The number of para-hydroxylation sites is 1. The van der Waals surface area contributed by atoms with Gasteiger partial charge in [0.15, 0.2) is 0 Å². The van der Waals surface area contributed by atoms with Gasteiger partial charge in [0.2, 0.25) is 0 Å². The molecule has 1 aromatic rings. The van der Waals surface area contributed by atoms with Gasteiger partial charge in [-0.3, -0.25) is 0 Å². The van der Waals surface area contributed by atoms with Crippen LogP contribution < -0.4 is 10.2 Å². The molecule has 2 nitrogen and oxygen atoms in total. The lowest BCUT2D eigenvalue weighted by Crippen LogP contribution is -2.40. The molecule has 0 saturated carbocycles. The predicted octanol–water partition coefficient (Wildman–Crippen LogP) is 3.39. The molecule has 1 aliphatic heterocycles. The maximum absolute atomic E-state index is 3.73. The lowest BCUT2D eigenvalue weighted by Gasteiger charge is -2.29. The van der Waals surface area contributed by atoms with Crippen LogP contribution in [0.4, 0.5) is 5.69 Å². The van der Waals surface area contributed by atoms with E-state index in [4.69, 9.17) is 0 Å². The molecule has 106 valence electrons. The average molecular weight is 278 g/mol. The molecule has 2 atom stereocenters. The van der Waals surface area contributed by atoms with Gasteiger partial charge in [-0.15, -0.1) is 0 Å². The Bertz CT molecular complexity index is 355. The Morgan fingerprint density at radius 3 is 2.84 bits per heavy atom. The topological polar surface area (TPSA) is 15.3 Å². The number of thioether (sulfide) groups is 1. The van der Waals surface area contributed by atoms with Crippen LogP contribution in [0, 0.1) is 0 Å². The molecule has 1 saturated heterocycles. The molecule has 0 aromatic heterocycles. The first-order valence-corrected chi connectivity index (χ1v) is 8.43. The zero-order valence-electron chi connectivity index (χ0n) is 12.1. The van der Waals surface area contributed by atoms with Crippen molar-refractivity contribution in [3.05, 3.63) is 30.3 Å². The van der Waals surface area contributed by atoms with E-state index < -0.39 is 0 Å². The van der Waals surface area contributed by atoms with E-state index in [0.29, 0.717) is 0 Å². The highest BCUT2D eigenvalue weighted by Crippen LogP contribution is 2.24. The molecular formula is C16H26N2S. The highest BCUT2D eigenvalue weighted by Gasteiger charge is 2.20. The van der Waals surface area contributed by atoms with Gasteiger partial charge < -0.3 is 10.2 Å². The van der Waals surface area contributed by atoms with Crippen LogP contribution in [0.3, 0.4) is 0 Å². The van der Waals surface area contributed by atoms with Crippen molar-refractivity contribution < 1.29 is 0 Å². The number of anilines is 1. The summed E-state index contributed by atoms with van der Waals surface area (Å²) in [6.45, 7) is 4.61. The first-order chi connectivity index (χ1) is 9.27. The van der Waals surface area contributed by atoms with Crippen LogP contribution in [0.15, 0.2) is 30.3 Å². The lowest BCUT2D eigenvalue weighted by atomic mass is 10.1. The van der Waals surface area contributed by atoms with Crippen molar-refractivity contribution in [1.82, 2.24) is 5.32 Å². The van der Waals surface area contributed by atoms with Gasteiger partial charge in [-0.1, -0.05) is 25.1 Å². The SMILES string of the molecule is CC1SCCCC1NCCCN(C)c1ccccc1. The zero-order chi connectivity index (χ0) is 13.5. The summed E-state index contributed by atoms with van der Waals surface area (Å²) in [4.78, 5) is 2.33. The standard InChI is InChI=1S/C16H26N2S/c1-14-16(10-6-13-19-14)17-11-7-12-18(2)15-8-4-3-5-9-15/h3-5,8-9,14,16-17H,6-7,10-13H2,1-2H3. The van der Waals surface area contributed by atoms with Gasteiger partial charge in [0.1, 0.15) is 0 Å². The molecule has 1 heterocycles. The third-order valence-electron chi connectivity index (χ3n) is 3.88. The lowest BCUT2D eigenvalue weighted by molar-refractivity contribution is 0.459. The number of nitrogens with one attached hydrogen (secondary N) is 1. The van der Waals surface area contributed by atoms with E-state index >= 15 is 0 Å². The van der Waals surface area contributed by atoms with Crippen molar-refractivity contribution in [3.8, 4) is 0 Å². The Labute approximate surface area is 122 Å². The van der Waals surface area contributed by atoms with Gasteiger partial charge in [-0.2, -0.15) is 11.8 Å². The molecule has 0 amide bonds. The van der Waals surface area contributed by atoms with Crippen molar-refractivity contribution in [2.24, 2.45) is 0 Å². The molecule has 19 heavy (non-hydrogen) atoms. The zero-order valence-corrected chi connectivity index (χ0v) is 13.0. The number of hydrogen-bond acceptors (Lipinski definition) is 3. The molecule has 3 heteroatoms. The number of rotatable bonds is 6. The Kier molecular flexibility index (Phi) is 6.05. The monoisotopic (exact) mass is 278 g/mol. The summed E-state index contributed by atoms with van der Waals surface area (Å²) in [5.41, 5.74) is 1.31. The minimum absolute atomic E-state index is 0.723. The molecular weight excluding hydrogens is 252 g/mol. The second-order valence-corrected chi connectivity index (χ2v) is 6.87. The van der Waals surface area contributed by atoms with Crippen molar-refractivity contribution in [2.75, 3.05) is 30.8 Å². The van der Waals surface area contributed by atoms with Crippen LogP contribution in [-0.4, -0.2) is 37.2 Å². The van der Waals surface area contributed by atoms with Crippen molar-refractivity contribution >= 4 is 17.4 Å². The van der Waals surface area contributed by atoms with E-state index in [1.165, 1.54) is 30.7 Å². The molecule has 2 unspecified atom stereocenters. The normalized spacial score (nSPS) is 23.3. The minimum atomic E-state index is 0.723. The first kappa shape index (κ1) is 14.7. The molecule has 2 rings (SSSR count). The summed E-state index contributed by atoms with van der Waals surface area (Å²) in [7, 11) is 2.18. The van der Waals surface area contributed by atoms with E-state index in [1.54, 1.807) is 0 Å². The van der Waals surface area contributed by atoms with E-state index in [9.17, 15) is 0 Å². The summed E-state index contributed by atoms with van der Waals surface area (Å²) >= 11 is 2.11. The van der Waals surface area contributed by atoms with Gasteiger partial charge in [-0.05, 0) is 43.7 Å². The van der Waals surface area contributed by atoms with Gasteiger partial charge in [0.05, 0.1) is 0 Å². The Morgan fingerprint density at radius 1 is 1.32 bits per heavy atom. The fourth-order valence-electron chi connectivity index (χ4n) is 2.61. The summed E-state index contributed by atoms with van der Waals surface area (Å²) < 4.78 is 0. The smallest absolute Gasteiger partial charge is 0.0363 e. The van der Waals surface area contributed by atoms with Crippen LogP contribution in [-0.2, 0) is 0 Å². The third-order valence-corrected chi connectivity index (χ3v) is 5.26. The van der Waals surface area contributed by atoms with Crippen molar-refractivity contribution in [2.45, 2.75) is 37.5 Å². The van der Waals surface area contributed by atoms with Gasteiger partial charge in [0, 0.05) is 30.6 Å². The van der Waals surface area contributed by atoms with Crippen LogP contribution in [0.5, 0.6) is 0 Å². The minimum Gasteiger partial charge on any atom is -0.375 e. The molecule has 0 aliphatic carbocycles. The largest absolute Gasteiger partial charge is 0.375 e. The van der Waals surface area contributed by atoms with Crippen molar-refractivity contribution in [3.63, 3.8) is 0 Å². The molecule has 1 aliphatic rings. The summed E-state index contributed by atoms with van der Waals surface area (Å²) in [6.07, 6.45) is 3.93. The van der Waals surface area contributed by atoms with Crippen molar-refractivity contribution in [1.29, 1.82) is 0 Å². The quantitative estimate of drug-likeness (QED) is 0.803. The van der Waals surface area contributed by atoms with Crippen LogP contribution in [0.25, 0.3) is 0 Å². The maximum Gasteiger partial charge on any atom is 0.0363 e. The number of nitrogens with zero attached hydrogens (tertiary/aromatic N) is 1. The summed E-state index contributed by atoms with van der Waals surface area (Å²) in [6, 6.07) is 11.3. The molecule has 0 spiro atoms. The number of benzene rings is 1. The van der Waals surface area contributed by atoms with Crippen LogP contribution in [0.2, 0.25) is 0 Å². The summed E-state index contributed by atoms with van der Waals surface area (Å²) in [5, 5.41) is 4.51. The second kappa shape index (κ2) is 7.81. The van der Waals surface area contributed by atoms with Crippen LogP contribution >= 0.6 is 11.8 Å². The molecule has 0 bridgehead atoms. The fourth-order valence-corrected chi connectivity index (χ4v) is 3.78. The third kappa shape index (κ3) is 4.73. The molecule has 1 fully saturated rings. The summed E-state index contributed by atoms with van der Waals surface area (Å²) in [5.74, 6) is 1.34. The highest BCUT2D eigenvalue weighted by atomic mass is 32.2. The Hall–Kier alpha value is -0.670. The average Bonchev–Trinajstić information content (AvgIpc) is 2.46. The second-order valence-electron chi connectivity index (χ2n) is 5.39. The highest BCUT2D eigenvalue weighted by molar-refractivity contribution is 7.99. The van der Waals surface area contributed by atoms with E-state index in [-0.39, 0.29) is 0 Å². The molecule has 0 radical (unpaired) electrons. The molecule has 1 N–H and O–H groups in total. The Morgan fingerprint density at radius 2 is 2.11 bits per heavy atom. The van der Waals surface area contributed by atoms with Gasteiger partial charge in [0.25, 0.3) is 0 Å². The van der Waals surface area contributed by atoms with Gasteiger partial charge in [-0.25, -0.2) is 0 Å². The van der Waals surface area contributed by atoms with E-state index in [1.807, 2.05) is 0 Å². The van der Waals surface area contributed by atoms with Gasteiger partial charge >= 0.3 is 0 Å². The maximum atomic E-state index is 3.73. The van der Waals surface area contributed by atoms with E-state index in [0.717, 1.165) is 24.4 Å².